The molecule has 0 bridgehead atoms. The number of hydrogen-bond acceptors (Lipinski definition) is 2. The highest BCUT2D eigenvalue weighted by Gasteiger charge is 2.47. The lowest BCUT2D eigenvalue weighted by Crippen LogP contribution is -2.40. The van der Waals surface area contributed by atoms with Gasteiger partial charge in [-0.3, -0.25) is 0 Å². The fraction of sp³-hybridized carbons (Fsp3) is 0.333. The van der Waals surface area contributed by atoms with E-state index in [9.17, 15) is 21.6 Å². The Labute approximate surface area is 145 Å². The van der Waals surface area contributed by atoms with Crippen LogP contribution < -0.4 is 4.72 Å². The van der Waals surface area contributed by atoms with Crippen molar-refractivity contribution in [2.24, 2.45) is 0 Å². The van der Waals surface area contributed by atoms with Crippen molar-refractivity contribution in [2.75, 3.05) is 0 Å². The van der Waals surface area contributed by atoms with Crippen molar-refractivity contribution in [2.45, 2.75) is 38.2 Å². The van der Waals surface area contributed by atoms with Gasteiger partial charge in [0.05, 0.1) is 6.04 Å². The maximum Gasteiger partial charge on any atom is 0.511 e. The molecule has 1 N–H and O–H groups in total. The average Bonchev–Trinajstić information content (AvgIpc) is 2.52. The second-order valence-corrected chi connectivity index (χ2v) is 7.75. The van der Waals surface area contributed by atoms with Gasteiger partial charge in [0.2, 0.25) is 0 Å². The summed E-state index contributed by atoms with van der Waals surface area (Å²) in [5.41, 5.74) is -2.44. The number of benzene rings is 2. The highest BCUT2D eigenvalue weighted by atomic mass is 32.2. The van der Waals surface area contributed by atoms with Crippen LogP contribution in [-0.2, 0) is 10.0 Å². The van der Waals surface area contributed by atoms with Crippen molar-refractivity contribution in [1.82, 2.24) is 4.72 Å². The van der Waals surface area contributed by atoms with Gasteiger partial charge in [0.25, 0.3) is 0 Å². The number of sulfonamides is 1. The molecule has 2 aromatic rings. The van der Waals surface area contributed by atoms with E-state index in [1.54, 1.807) is 50.2 Å². The van der Waals surface area contributed by atoms with Gasteiger partial charge in [-0.2, -0.15) is 17.9 Å². The van der Waals surface area contributed by atoms with Crippen LogP contribution in [-0.4, -0.2) is 13.9 Å². The molecule has 0 spiro atoms. The molecule has 7 heteroatoms. The Kier molecular flexibility index (Phi) is 5.58. The molecule has 136 valence electrons. The van der Waals surface area contributed by atoms with Crippen LogP contribution in [0.15, 0.2) is 48.5 Å². The number of nitrogens with one attached hydrogen (secondary N) is 1. The predicted molar refractivity (Wildman–Crippen MR) is 91.6 cm³/mol. The lowest BCUT2D eigenvalue weighted by atomic mass is 9.85. The molecular weight excluding hydrogens is 351 g/mol. The van der Waals surface area contributed by atoms with Crippen LogP contribution in [0.25, 0.3) is 0 Å². The molecule has 2 aromatic carbocycles. The molecule has 0 aliphatic heterocycles. The molecule has 2 rings (SSSR count). The summed E-state index contributed by atoms with van der Waals surface area (Å²) in [5, 5.41) is 0. The summed E-state index contributed by atoms with van der Waals surface area (Å²) < 4.78 is 64.0. The van der Waals surface area contributed by atoms with Crippen molar-refractivity contribution in [3.05, 3.63) is 70.8 Å². The Balaban J connectivity index is 2.54. The van der Waals surface area contributed by atoms with E-state index in [0.717, 1.165) is 16.7 Å². The molecule has 0 heterocycles. The third kappa shape index (κ3) is 4.22. The molecule has 25 heavy (non-hydrogen) atoms. The van der Waals surface area contributed by atoms with E-state index >= 15 is 0 Å². The predicted octanol–water partition coefficient (Wildman–Crippen LogP) is 4.59. The van der Waals surface area contributed by atoms with Gasteiger partial charge < -0.3 is 0 Å². The third-order valence-corrected chi connectivity index (χ3v) is 5.46. The Morgan fingerprint density at radius 2 is 1.32 bits per heavy atom. The largest absolute Gasteiger partial charge is 0.511 e. The van der Waals surface area contributed by atoms with E-state index < -0.39 is 27.5 Å². The van der Waals surface area contributed by atoms with Gasteiger partial charge in [0.1, 0.15) is 0 Å². The van der Waals surface area contributed by atoms with E-state index in [1.807, 2.05) is 23.8 Å². The normalized spacial score (nSPS) is 15.0. The van der Waals surface area contributed by atoms with Gasteiger partial charge >= 0.3 is 15.5 Å². The molecular formula is C18H20F3NO2S. The summed E-state index contributed by atoms with van der Waals surface area (Å²) in [5.74, 6) is -0.487. The fourth-order valence-corrected chi connectivity index (χ4v) is 3.68. The second kappa shape index (κ2) is 7.17. The summed E-state index contributed by atoms with van der Waals surface area (Å²) in [6, 6.07) is 13.1. The molecule has 0 unspecified atom stereocenters. The van der Waals surface area contributed by atoms with Crippen molar-refractivity contribution >= 4 is 10.0 Å². The van der Waals surface area contributed by atoms with Gasteiger partial charge in [0, 0.05) is 5.92 Å². The number of hydrogen-bond donors (Lipinski definition) is 1. The van der Waals surface area contributed by atoms with Crippen molar-refractivity contribution in [3.8, 4) is 0 Å². The summed E-state index contributed by atoms with van der Waals surface area (Å²) in [4.78, 5) is 0. The minimum absolute atomic E-state index is 0.487. The number of alkyl halides is 3. The van der Waals surface area contributed by atoms with E-state index in [4.69, 9.17) is 0 Å². The summed E-state index contributed by atoms with van der Waals surface area (Å²) in [7, 11) is -5.48. The lowest BCUT2D eigenvalue weighted by Gasteiger charge is -2.28. The zero-order chi connectivity index (χ0) is 18.8. The Bertz CT molecular complexity index is 847. The molecule has 0 saturated heterocycles. The van der Waals surface area contributed by atoms with Crippen LogP contribution in [0.2, 0.25) is 0 Å². The number of aryl methyl sites for hydroxylation is 2. The Morgan fingerprint density at radius 1 is 0.880 bits per heavy atom. The van der Waals surface area contributed by atoms with Crippen molar-refractivity contribution in [1.29, 1.82) is 0 Å². The first kappa shape index (κ1) is 19.5. The Hall–Kier alpha value is -1.86. The zero-order valence-electron chi connectivity index (χ0n) is 14.1. The van der Waals surface area contributed by atoms with Crippen LogP contribution in [0.1, 0.15) is 41.1 Å². The summed E-state index contributed by atoms with van der Waals surface area (Å²) in [6.45, 7) is 5.31. The first-order valence-electron chi connectivity index (χ1n) is 7.74. The molecule has 0 radical (unpaired) electrons. The monoisotopic (exact) mass is 371 g/mol. The fourth-order valence-electron chi connectivity index (χ4n) is 2.88. The first-order chi connectivity index (χ1) is 11.5. The summed E-state index contributed by atoms with van der Waals surface area (Å²) in [6.07, 6.45) is 0. The molecule has 2 atom stereocenters. The van der Waals surface area contributed by atoms with Crippen LogP contribution >= 0.6 is 0 Å². The maximum atomic E-state index is 12.9. The standard InChI is InChI=1S/C18H20F3NO2S/c1-12-8-4-6-10-15(12)14(3)17(16-11-7-5-9-13(16)2)22-25(23,24)18(19,20)21/h4-11,14,17,22H,1-3H3/t14-,17+/m1/s1. The minimum atomic E-state index is -5.48. The van der Waals surface area contributed by atoms with Crippen molar-refractivity contribution in [3.63, 3.8) is 0 Å². The van der Waals surface area contributed by atoms with Crippen LogP contribution in [0, 0.1) is 13.8 Å². The molecule has 0 fully saturated rings. The topological polar surface area (TPSA) is 46.2 Å². The van der Waals surface area contributed by atoms with Gasteiger partial charge in [-0.15, -0.1) is 0 Å². The van der Waals surface area contributed by atoms with E-state index in [2.05, 4.69) is 0 Å². The average molecular weight is 371 g/mol. The van der Waals surface area contributed by atoms with Crippen molar-refractivity contribution < 1.29 is 21.6 Å². The minimum Gasteiger partial charge on any atom is -0.203 e. The number of halogens is 3. The second-order valence-electron chi connectivity index (χ2n) is 6.05. The molecule has 3 nitrogen and oxygen atoms in total. The molecule has 0 aromatic heterocycles. The Morgan fingerprint density at radius 3 is 1.76 bits per heavy atom. The molecule has 0 saturated carbocycles. The molecule has 0 amide bonds. The maximum absolute atomic E-state index is 12.9. The highest BCUT2D eigenvalue weighted by Crippen LogP contribution is 2.36. The smallest absolute Gasteiger partial charge is 0.203 e. The zero-order valence-corrected chi connectivity index (χ0v) is 14.9. The van der Waals surface area contributed by atoms with Crippen LogP contribution in [0.5, 0.6) is 0 Å². The van der Waals surface area contributed by atoms with Gasteiger partial charge in [-0.1, -0.05) is 55.5 Å². The van der Waals surface area contributed by atoms with E-state index in [-0.39, 0.29) is 0 Å². The summed E-state index contributed by atoms with van der Waals surface area (Å²) >= 11 is 0. The molecule has 0 aliphatic rings. The quantitative estimate of drug-likeness (QED) is 0.836. The SMILES string of the molecule is Cc1ccccc1[C@@H](C)[C@H](NS(=O)(=O)C(F)(F)F)c1ccccc1C. The van der Waals surface area contributed by atoms with E-state index in [1.165, 1.54) is 0 Å². The van der Waals surface area contributed by atoms with Gasteiger partial charge in [-0.05, 0) is 36.1 Å². The molecule has 0 aliphatic carbocycles. The van der Waals surface area contributed by atoms with Crippen LogP contribution in [0.4, 0.5) is 13.2 Å². The van der Waals surface area contributed by atoms with Gasteiger partial charge in [-0.25, -0.2) is 8.42 Å². The number of rotatable bonds is 5. The highest BCUT2D eigenvalue weighted by molar-refractivity contribution is 7.90. The lowest BCUT2D eigenvalue weighted by molar-refractivity contribution is -0.0451. The third-order valence-electron chi connectivity index (χ3n) is 4.29. The van der Waals surface area contributed by atoms with Gasteiger partial charge in [0.15, 0.2) is 0 Å². The van der Waals surface area contributed by atoms with E-state index in [0.29, 0.717) is 5.56 Å². The first-order valence-corrected chi connectivity index (χ1v) is 9.22. The van der Waals surface area contributed by atoms with Crippen LogP contribution in [0.3, 0.4) is 0 Å².